The zero-order chi connectivity index (χ0) is 18.0. The summed E-state index contributed by atoms with van der Waals surface area (Å²) in [4.78, 5) is 55.2. The molecule has 0 radical (unpaired) electrons. The highest BCUT2D eigenvalue weighted by Crippen LogP contribution is 2.21. The first-order valence-corrected chi connectivity index (χ1v) is 7.42. The maximum absolute atomic E-state index is 12.2. The highest BCUT2D eigenvalue weighted by atomic mass is 16.4. The molecule has 3 amide bonds. The molecule has 0 fully saturated rings. The average Bonchev–Trinajstić information content (AvgIpc) is 3.18. The van der Waals surface area contributed by atoms with Gasteiger partial charge in [0.2, 0.25) is 5.91 Å². The molecule has 128 valence electrons. The Morgan fingerprint density at radius 3 is 2.36 bits per heavy atom. The smallest absolute Gasteiger partial charge is 0.326 e. The van der Waals surface area contributed by atoms with Gasteiger partial charge in [0.1, 0.15) is 12.6 Å². The Hall–Kier alpha value is -3.49. The lowest BCUT2D eigenvalue weighted by Gasteiger charge is -2.17. The third-order valence-electron chi connectivity index (χ3n) is 3.79. The Morgan fingerprint density at radius 1 is 1.20 bits per heavy atom. The maximum Gasteiger partial charge on any atom is 0.326 e. The van der Waals surface area contributed by atoms with Crippen molar-refractivity contribution < 1.29 is 24.3 Å². The number of aromatic nitrogens is 2. The molecular formula is C16H14N4O5. The van der Waals surface area contributed by atoms with Crippen LogP contribution in [0.2, 0.25) is 0 Å². The Morgan fingerprint density at radius 2 is 1.84 bits per heavy atom. The lowest BCUT2D eigenvalue weighted by molar-refractivity contribution is -0.141. The number of amides is 3. The van der Waals surface area contributed by atoms with Crippen molar-refractivity contribution in [3.8, 4) is 0 Å². The molecule has 1 unspecified atom stereocenters. The van der Waals surface area contributed by atoms with Crippen LogP contribution in [0.3, 0.4) is 0 Å². The van der Waals surface area contributed by atoms with E-state index in [9.17, 15) is 24.3 Å². The van der Waals surface area contributed by atoms with Crippen LogP contribution in [0.4, 0.5) is 0 Å². The van der Waals surface area contributed by atoms with E-state index in [4.69, 9.17) is 0 Å². The third-order valence-corrected chi connectivity index (χ3v) is 3.79. The first kappa shape index (κ1) is 16.4. The summed E-state index contributed by atoms with van der Waals surface area (Å²) in [6.45, 7) is -0.543. The molecule has 0 spiro atoms. The summed E-state index contributed by atoms with van der Waals surface area (Å²) in [6.07, 6.45) is 2.85. The Kier molecular flexibility index (Phi) is 4.29. The quantitative estimate of drug-likeness (QED) is 0.624. The van der Waals surface area contributed by atoms with Gasteiger partial charge in [-0.3, -0.25) is 19.3 Å². The highest BCUT2D eigenvalue weighted by molar-refractivity contribution is 6.22. The van der Waals surface area contributed by atoms with Crippen LogP contribution in [0, 0.1) is 0 Å². The number of hydrogen-bond acceptors (Lipinski definition) is 5. The number of nitrogens with zero attached hydrogens (tertiary/aromatic N) is 2. The van der Waals surface area contributed by atoms with Crippen molar-refractivity contribution in [3.05, 3.63) is 53.6 Å². The van der Waals surface area contributed by atoms with Gasteiger partial charge >= 0.3 is 5.97 Å². The van der Waals surface area contributed by atoms with Crippen LogP contribution in [0.25, 0.3) is 0 Å². The number of hydrogen-bond donors (Lipinski definition) is 3. The number of rotatable bonds is 6. The lowest BCUT2D eigenvalue weighted by atomic mass is 10.1. The molecule has 1 aliphatic rings. The molecule has 3 N–H and O–H groups in total. The summed E-state index contributed by atoms with van der Waals surface area (Å²) < 4.78 is 0. The van der Waals surface area contributed by atoms with E-state index in [-0.39, 0.29) is 17.5 Å². The third kappa shape index (κ3) is 3.25. The van der Waals surface area contributed by atoms with Crippen LogP contribution in [0.15, 0.2) is 36.8 Å². The molecule has 2 aromatic rings. The molecule has 1 atom stereocenters. The summed E-state index contributed by atoms with van der Waals surface area (Å²) in [6, 6.07) is 5.05. The summed E-state index contributed by atoms with van der Waals surface area (Å²) in [7, 11) is 0. The van der Waals surface area contributed by atoms with E-state index in [1.807, 2.05) is 0 Å². The second-order valence-corrected chi connectivity index (χ2v) is 5.48. The Bertz CT molecular complexity index is 811. The van der Waals surface area contributed by atoms with Crippen molar-refractivity contribution in [3.63, 3.8) is 0 Å². The second kappa shape index (κ2) is 6.56. The predicted octanol–water partition coefficient (Wildman–Crippen LogP) is -0.182. The number of carboxylic acid groups (broad SMARTS) is 1. The summed E-state index contributed by atoms with van der Waals surface area (Å²) in [5.41, 5.74) is 0.994. The van der Waals surface area contributed by atoms with Gasteiger partial charge in [0.25, 0.3) is 11.8 Å². The number of imidazole rings is 1. The molecular weight excluding hydrogens is 328 g/mol. The topological polar surface area (TPSA) is 132 Å². The first-order valence-electron chi connectivity index (χ1n) is 7.42. The minimum absolute atomic E-state index is 0.00317. The van der Waals surface area contributed by atoms with Crippen LogP contribution < -0.4 is 5.32 Å². The largest absolute Gasteiger partial charge is 0.480 e. The van der Waals surface area contributed by atoms with Crippen molar-refractivity contribution in [1.29, 1.82) is 0 Å². The number of carboxylic acids is 1. The van der Waals surface area contributed by atoms with E-state index in [0.717, 1.165) is 4.90 Å². The van der Waals surface area contributed by atoms with E-state index < -0.39 is 36.3 Å². The van der Waals surface area contributed by atoms with Crippen molar-refractivity contribution in [1.82, 2.24) is 20.2 Å². The van der Waals surface area contributed by atoms with Crippen LogP contribution in [-0.4, -0.2) is 56.3 Å². The van der Waals surface area contributed by atoms with Crippen LogP contribution in [0.1, 0.15) is 26.4 Å². The van der Waals surface area contributed by atoms with Crippen molar-refractivity contribution >= 4 is 23.7 Å². The van der Waals surface area contributed by atoms with Crippen molar-refractivity contribution in [2.75, 3.05) is 6.54 Å². The Balaban J connectivity index is 1.67. The minimum atomic E-state index is -1.23. The Labute approximate surface area is 141 Å². The van der Waals surface area contributed by atoms with Gasteiger partial charge in [-0.1, -0.05) is 12.1 Å². The monoisotopic (exact) mass is 342 g/mol. The second-order valence-electron chi connectivity index (χ2n) is 5.48. The summed E-state index contributed by atoms with van der Waals surface area (Å²) in [5, 5.41) is 11.5. The number of H-pyrrole nitrogens is 1. The number of nitrogens with one attached hydrogen (secondary N) is 2. The van der Waals surface area contributed by atoms with Crippen LogP contribution in [0.5, 0.6) is 0 Å². The standard InChI is InChI=1S/C16H14N4O5/c21-13(19-12(16(24)25)5-9-6-17-8-18-9)7-20-14(22)10-3-1-2-4-11(10)15(20)23/h1-4,6,8,12H,5,7H2,(H,17,18)(H,19,21)(H,24,25). The van der Waals surface area contributed by atoms with Gasteiger partial charge in [0.15, 0.2) is 0 Å². The highest BCUT2D eigenvalue weighted by Gasteiger charge is 2.36. The molecule has 9 nitrogen and oxygen atoms in total. The average molecular weight is 342 g/mol. The molecule has 2 heterocycles. The van der Waals surface area contributed by atoms with E-state index in [2.05, 4.69) is 15.3 Å². The van der Waals surface area contributed by atoms with Gasteiger partial charge in [-0.05, 0) is 12.1 Å². The zero-order valence-electron chi connectivity index (χ0n) is 12.9. The fraction of sp³-hybridized carbons (Fsp3) is 0.188. The number of fused-ring (bicyclic) bond motifs is 1. The van der Waals surface area contributed by atoms with Gasteiger partial charge in [-0.25, -0.2) is 9.78 Å². The SMILES string of the molecule is O=C(CN1C(=O)c2ccccc2C1=O)NC(Cc1cnc[nH]1)C(=O)O. The molecule has 0 bridgehead atoms. The van der Waals surface area contributed by atoms with E-state index >= 15 is 0 Å². The molecule has 25 heavy (non-hydrogen) atoms. The molecule has 3 rings (SSSR count). The number of benzene rings is 1. The van der Waals surface area contributed by atoms with E-state index in [1.165, 1.54) is 24.7 Å². The van der Waals surface area contributed by atoms with Crippen molar-refractivity contribution in [2.24, 2.45) is 0 Å². The molecule has 0 saturated heterocycles. The van der Waals surface area contributed by atoms with Crippen molar-refractivity contribution in [2.45, 2.75) is 12.5 Å². The lowest BCUT2D eigenvalue weighted by Crippen LogP contribution is -2.47. The van der Waals surface area contributed by atoms with Gasteiger partial charge < -0.3 is 15.4 Å². The van der Waals surface area contributed by atoms with Gasteiger partial charge in [0.05, 0.1) is 17.5 Å². The maximum atomic E-state index is 12.2. The molecule has 1 aromatic carbocycles. The minimum Gasteiger partial charge on any atom is -0.480 e. The fourth-order valence-electron chi connectivity index (χ4n) is 2.58. The normalized spacial score (nSPS) is 14.3. The number of carbonyl (C=O) groups excluding carboxylic acids is 3. The number of aliphatic carboxylic acids is 1. The number of aromatic amines is 1. The molecule has 0 aliphatic carbocycles. The van der Waals surface area contributed by atoms with Gasteiger partial charge in [-0.15, -0.1) is 0 Å². The van der Waals surface area contributed by atoms with E-state index in [0.29, 0.717) is 5.69 Å². The zero-order valence-corrected chi connectivity index (χ0v) is 12.9. The first-order chi connectivity index (χ1) is 12.0. The molecule has 0 saturated carbocycles. The summed E-state index contributed by atoms with van der Waals surface area (Å²) >= 11 is 0. The van der Waals surface area contributed by atoms with E-state index in [1.54, 1.807) is 12.1 Å². The molecule has 9 heteroatoms. The predicted molar refractivity (Wildman–Crippen MR) is 83.7 cm³/mol. The van der Waals surface area contributed by atoms with Crippen LogP contribution >= 0.6 is 0 Å². The molecule has 1 aliphatic heterocycles. The van der Waals surface area contributed by atoms with Crippen LogP contribution in [-0.2, 0) is 16.0 Å². The fourth-order valence-corrected chi connectivity index (χ4v) is 2.58. The van der Waals surface area contributed by atoms with Gasteiger partial charge in [0, 0.05) is 18.3 Å². The molecule has 1 aromatic heterocycles. The van der Waals surface area contributed by atoms with Gasteiger partial charge in [-0.2, -0.15) is 0 Å². The number of imide groups is 1. The summed E-state index contributed by atoms with van der Waals surface area (Å²) in [5.74, 6) is -3.11. The number of carbonyl (C=O) groups is 4.